The van der Waals surface area contributed by atoms with Crippen LogP contribution in [-0.2, 0) is 0 Å². The van der Waals surface area contributed by atoms with Crippen molar-refractivity contribution in [3.63, 3.8) is 0 Å². The summed E-state index contributed by atoms with van der Waals surface area (Å²) in [7, 11) is 0. The van der Waals surface area contributed by atoms with E-state index in [9.17, 15) is 13.2 Å². The monoisotopic (exact) mass is 375 g/mol. The van der Waals surface area contributed by atoms with Gasteiger partial charge in [0.2, 0.25) is 0 Å². The Morgan fingerprint density at radius 2 is 1.70 bits per heavy atom. The number of ether oxygens (including phenoxy) is 1. The van der Waals surface area contributed by atoms with E-state index in [1.54, 1.807) is 0 Å². The van der Waals surface area contributed by atoms with Crippen LogP contribution < -0.4 is 10.5 Å². The Bertz CT molecular complexity index is 836. The molecule has 2 N–H and O–H groups in total. The number of nitrogens with zero attached hydrogens (tertiary/aromatic N) is 2. The quantitative estimate of drug-likeness (QED) is 0.538. The zero-order valence-electron chi connectivity index (χ0n) is 15.0. The van der Waals surface area contributed by atoms with E-state index in [2.05, 4.69) is 34.6 Å². The maximum absolute atomic E-state index is 12.1. The third kappa shape index (κ3) is 6.97. The molecule has 0 unspecified atom stereocenters. The van der Waals surface area contributed by atoms with E-state index < -0.39 is 6.36 Å². The standard InChI is InChI=1S/C20H20F3N3O/c1-3-14(2)12-15-4-6-16(7-5-15)19(24)26-13-25-17-8-10-18(11-9-17)27-20(21,22)23/h4-13H,3H2,1-2H3,(H2,24,25,26). The smallest absolute Gasteiger partial charge is 0.406 e. The van der Waals surface area contributed by atoms with Gasteiger partial charge in [-0.05, 0) is 43.2 Å². The van der Waals surface area contributed by atoms with E-state index in [-0.39, 0.29) is 5.75 Å². The summed E-state index contributed by atoms with van der Waals surface area (Å²) in [6.07, 6.45) is -0.371. The second-order valence-electron chi connectivity index (χ2n) is 5.77. The minimum Gasteiger partial charge on any atom is -0.406 e. The molecule has 0 bridgehead atoms. The van der Waals surface area contributed by atoms with Gasteiger partial charge < -0.3 is 10.5 Å². The van der Waals surface area contributed by atoms with Gasteiger partial charge in [0, 0.05) is 5.56 Å². The lowest BCUT2D eigenvalue weighted by atomic mass is 10.1. The van der Waals surface area contributed by atoms with E-state index in [0.717, 1.165) is 17.5 Å². The van der Waals surface area contributed by atoms with E-state index in [1.165, 1.54) is 36.2 Å². The minimum absolute atomic E-state index is 0.290. The Morgan fingerprint density at radius 3 is 2.26 bits per heavy atom. The Hall–Kier alpha value is -3.09. The molecule has 0 atom stereocenters. The Labute approximate surface area is 155 Å². The fraction of sp³-hybridized carbons (Fsp3) is 0.200. The molecule has 0 aliphatic heterocycles. The van der Waals surface area contributed by atoms with Gasteiger partial charge in [0.25, 0.3) is 0 Å². The Kier molecular flexibility index (Phi) is 6.76. The first-order chi connectivity index (χ1) is 12.8. The first-order valence-corrected chi connectivity index (χ1v) is 8.26. The van der Waals surface area contributed by atoms with Crippen LogP contribution in [-0.4, -0.2) is 18.5 Å². The highest BCUT2D eigenvalue weighted by molar-refractivity contribution is 6.01. The molecule has 0 amide bonds. The fourth-order valence-corrected chi connectivity index (χ4v) is 2.10. The van der Waals surface area contributed by atoms with Crippen molar-refractivity contribution in [3.05, 3.63) is 65.2 Å². The molecule has 2 aromatic rings. The lowest BCUT2D eigenvalue weighted by Crippen LogP contribution is -2.16. The van der Waals surface area contributed by atoms with Crippen molar-refractivity contribution < 1.29 is 17.9 Å². The largest absolute Gasteiger partial charge is 0.573 e. The van der Waals surface area contributed by atoms with Crippen LogP contribution in [0.4, 0.5) is 18.9 Å². The van der Waals surface area contributed by atoms with Crippen molar-refractivity contribution in [1.82, 2.24) is 0 Å². The summed E-state index contributed by atoms with van der Waals surface area (Å²) in [6, 6.07) is 12.8. The molecule has 0 radical (unpaired) electrons. The molecule has 27 heavy (non-hydrogen) atoms. The van der Waals surface area contributed by atoms with Crippen LogP contribution in [0.2, 0.25) is 0 Å². The number of amidine groups is 1. The molecule has 0 spiro atoms. The zero-order chi connectivity index (χ0) is 19.9. The van der Waals surface area contributed by atoms with E-state index in [1.807, 2.05) is 24.3 Å². The average molecular weight is 375 g/mol. The van der Waals surface area contributed by atoms with Gasteiger partial charge >= 0.3 is 6.36 Å². The van der Waals surface area contributed by atoms with Gasteiger partial charge in [-0.2, -0.15) is 0 Å². The van der Waals surface area contributed by atoms with Crippen LogP contribution in [0.3, 0.4) is 0 Å². The second kappa shape index (κ2) is 9.02. The predicted octanol–water partition coefficient (Wildman–Crippen LogP) is 5.46. The summed E-state index contributed by atoms with van der Waals surface area (Å²) in [5.41, 5.74) is 9.47. The van der Waals surface area contributed by atoms with Gasteiger partial charge in [-0.3, -0.25) is 0 Å². The topological polar surface area (TPSA) is 60.0 Å². The molecule has 2 aromatic carbocycles. The number of aliphatic imine (C=N–C) groups is 2. The minimum atomic E-state index is -4.72. The highest BCUT2D eigenvalue weighted by Crippen LogP contribution is 2.24. The average Bonchev–Trinajstić information content (AvgIpc) is 2.62. The van der Waals surface area contributed by atoms with Crippen molar-refractivity contribution in [2.45, 2.75) is 26.6 Å². The number of alkyl halides is 3. The van der Waals surface area contributed by atoms with Gasteiger partial charge in [0.1, 0.15) is 17.9 Å². The highest BCUT2D eigenvalue weighted by atomic mass is 19.4. The van der Waals surface area contributed by atoms with Gasteiger partial charge in [-0.25, -0.2) is 9.98 Å². The number of hydrogen-bond acceptors (Lipinski definition) is 2. The Balaban J connectivity index is 2.02. The molecule has 2 rings (SSSR count). The van der Waals surface area contributed by atoms with E-state index in [0.29, 0.717) is 11.5 Å². The van der Waals surface area contributed by atoms with Crippen LogP contribution in [0.15, 0.2) is 64.1 Å². The number of hydrogen-bond donors (Lipinski definition) is 1. The molecule has 142 valence electrons. The van der Waals surface area contributed by atoms with Crippen molar-refractivity contribution >= 4 is 23.9 Å². The van der Waals surface area contributed by atoms with Gasteiger partial charge in [0.05, 0.1) is 5.69 Å². The van der Waals surface area contributed by atoms with Crippen molar-refractivity contribution in [2.75, 3.05) is 0 Å². The molecule has 0 heterocycles. The van der Waals surface area contributed by atoms with Gasteiger partial charge in [0.15, 0.2) is 0 Å². The van der Waals surface area contributed by atoms with Crippen LogP contribution in [0.1, 0.15) is 31.4 Å². The Morgan fingerprint density at radius 1 is 1.07 bits per heavy atom. The molecule has 0 aliphatic carbocycles. The molecule has 4 nitrogen and oxygen atoms in total. The highest BCUT2D eigenvalue weighted by Gasteiger charge is 2.30. The van der Waals surface area contributed by atoms with Crippen molar-refractivity contribution in [2.24, 2.45) is 15.7 Å². The first-order valence-electron chi connectivity index (χ1n) is 8.26. The third-order valence-electron chi connectivity index (χ3n) is 3.65. The maximum Gasteiger partial charge on any atom is 0.573 e. The van der Waals surface area contributed by atoms with E-state index >= 15 is 0 Å². The SMILES string of the molecule is CCC(C)=Cc1ccc(C(N)=NC=Nc2ccc(OC(F)(F)F)cc2)cc1. The van der Waals surface area contributed by atoms with Crippen LogP contribution in [0.25, 0.3) is 6.08 Å². The lowest BCUT2D eigenvalue weighted by Gasteiger charge is -2.08. The van der Waals surface area contributed by atoms with Crippen molar-refractivity contribution in [3.8, 4) is 5.75 Å². The fourth-order valence-electron chi connectivity index (χ4n) is 2.10. The molecular formula is C20H20F3N3O. The van der Waals surface area contributed by atoms with Crippen LogP contribution >= 0.6 is 0 Å². The molecule has 0 aliphatic rings. The summed E-state index contributed by atoms with van der Waals surface area (Å²) >= 11 is 0. The number of rotatable bonds is 6. The molecule has 0 saturated heterocycles. The number of benzene rings is 2. The molecule has 0 fully saturated rings. The second-order valence-corrected chi connectivity index (χ2v) is 5.77. The number of allylic oxidation sites excluding steroid dienone is 1. The normalized spacial score (nSPS) is 13.2. The zero-order valence-corrected chi connectivity index (χ0v) is 15.0. The summed E-state index contributed by atoms with van der Waals surface area (Å²) in [5.74, 6) is -0.0181. The first kappa shape index (κ1) is 20.2. The lowest BCUT2D eigenvalue weighted by molar-refractivity contribution is -0.274. The third-order valence-corrected chi connectivity index (χ3v) is 3.65. The number of halogens is 3. The van der Waals surface area contributed by atoms with Crippen molar-refractivity contribution in [1.29, 1.82) is 0 Å². The summed E-state index contributed by atoms with van der Waals surface area (Å²) < 4.78 is 40.1. The molecule has 0 aromatic heterocycles. The molecular weight excluding hydrogens is 355 g/mol. The molecule has 0 saturated carbocycles. The summed E-state index contributed by atoms with van der Waals surface area (Å²) in [6.45, 7) is 4.17. The van der Waals surface area contributed by atoms with E-state index in [4.69, 9.17) is 5.73 Å². The summed E-state index contributed by atoms with van der Waals surface area (Å²) in [5, 5.41) is 0. The molecule has 7 heteroatoms. The maximum atomic E-state index is 12.1. The number of nitrogens with two attached hydrogens (primary N) is 1. The van der Waals surface area contributed by atoms with Gasteiger partial charge in [-0.1, -0.05) is 42.8 Å². The summed E-state index contributed by atoms with van der Waals surface area (Å²) in [4.78, 5) is 8.09. The predicted molar refractivity (Wildman–Crippen MR) is 102 cm³/mol. The van der Waals surface area contributed by atoms with Crippen LogP contribution in [0.5, 0.6) is 5.75 Å². The van der Waals surface area contributed by atoms with Gasteiger partial charge in [-0.15, -0.1) is 13.2 Å². The van der Waals surface area contributed by atoms with Crippen LogP contribution in [0, 0.1) is 0 Å².